The minimum Gasteiger partial charge on any atom is -0.481 e. The minimum absolute atomic E-state index is 0.600. The summed E-state index contributed by atoms with van der Waals surface area (Å²) in [5.74, 6) is -4.50. The maximum atomic E-state index is 12.5. The highest BCUT2D eigenvalue weighted by molar-refractivity contribution is 7.99. The third-order valence-electron chi connectivity index (χ3n) is 2.56. The molecule has 0 aliphatic carbocycles. The third kappa shape index (κ3) is 2.91. The number of rotatable bonds is 4. The Hall–Kier alpha value is -1.51. The van der Waals surface area contributed by atoms with Crippen LogP contribution in [0.2, 0.25) is 0 Å². The van der Waals surface area contributed by atoms with E-state index in [0.29, 0.717) is 0 Å². The smallest absolute Gasteiger partial charge is 0.454 e. The topological polar surface area (TPSA) is 74.7 Å². The summed E-state index contributed by atoms with van der Waals surface area (Å²) in [6.07, 6.45) is -4.61. The van der Waals surface area contributed by atoms with Crippen LogP contribution < -0.4 is 0 Å². The molecule has 1 amide bonds. The summed E-state index contributed by atoms with van der Waals surface area (Å²) in [6.45, 7) is 0. The predicted octanol–water partition coefficient (Wildman–Crippen LogP) is 1.05. The fourth-order valence-electron chi connectivity index (χ4n) is 1.78. The average Bonchev–Trinajstić information content (AvgIpc) is 2.50. The zero-order valence-electron chi connectivity index (χ0n) is 9.95. The molecule has 0 radical (unpaired) electrons. The van der Waals surface area contributed by atoms with Crippen molar-refractivity contribution in [1.82, 2.24) is 4.90 Å². The van der Waals surface area contributed by atoms with E-state index in [-0.39, 0.29) is 0 Å². The Bertz CT molecular complexity index is 472. The summed E-state index contributed by atoms with van der Waals surface area (Å²) >= 11 is 0.861. The molecule has 1 heterocycles. The molecule has 19 heavy (non-hydrogen) atoms. The normalized spacial score (nSPS) is 20.2. The first kappa shape index (κ1) is 15.5. The van der Waals surface area contributed by atoms with Gasteiger partial charge in [-0.25, -0.2) is 0 Å². The first-order valence-corrected chi connectivity index (χ1v) is 6.26. The lowest BCUT2D eigenvalue weighted by Gasteiger charge is -2.20. The largest absolute Gasteiger partial charge is 0.481 e. The number of carboxylic acid groups (broad SMARTS) is 1. The zero-order chi connectivity index (χ0) is 15.0. The molecule has 1 aliphatic rings. The average molecular weight is 297 g/mol. The predicted molar refractivity (Wildman–Crippen MR) is 60.4 cm³/mol. The van der Waals surface area contributed by atoms with Gasteiger partial charge in [0.1, 0.15) is 5.37 Å². The number of alkyl halides is 3. The molecule has 0 spiro atoms. The highest BCUT2D eigenvalue weighted by atomic mass is 32.2. The van der Waals surface area contributed by atoms with Gasteiger partial charge in [-0.2, -0.15) is 13.2 Å². The number of halogens is 3. The fourth-order valence-corrected chi connectivity index (χ4v) is 2.67. The van der Waals surface area contributed by atoms with Crippen molar-refractivity contribution in [2.24, 2.45) is 0 Å². The second-order valence-corrected chi connectivity index (χ2v) is 4.71. The van der Waals surface area contributed by atoms with Crippen LogP contribution in [0.3, 0.4) is 0 Å². The van der Waals surface area contributed by atoms with Gasteiger partial charge in [0, 0.05) is 18.2 Å². The van der Waals surface area contributed by atoms with Gasteiger partial charge in [0.15, 0.2) is 0 Å². The van der Waals surface area contributed by atoms with E-state index in [9.17, 15) is 27.6 Å². The Morgan fingerprint density at radius 2 is 1.95 bits per heavy atom. The van der Waals surface area contributed by atoms with Gasteiger partial charge in [0.25, 0.3) is 11.7 Å². The van der Waals surface area contributed by atoms with Crippen molar-refractivity contribution in [1.29, 1.82) is 0 Å². The Morgan fingerprint density at radius 3 is 2.32 bits per heavy atom. The molecule has 0 aromatic carbocycles. The summed E-state index contributed by atoms with van der Waals surface area (Å²) in [5, 5.41) is 7.52. The molecule has 0 saturated carbocycles. The van der Waals surface area contributed by atoms with Gasteiger partial charge >= 0.3 is 12.1 Å². The summed E-state index contributed by atoms with van der Waals surface area (Å²) in [4.78, 5) is 34.6. The lowest BCUT2D eigenvalue weighted by atomic mass is 10.0. The van der Waals surface area contributed by atoms with Gasteiger partial charge in [-0.1, -0.05) is 0 Å². The SMILES string of the molecule is CS[C@@H]1C(C(=O)C(F)(F)F)=C(CC(=O)O)C(=O)N1C. The molecular weight excluding hydrogens is 287 g/mol. The monoisotopic (exact) mass is 297 g/mol. The molecule has 1 atom stereocenters. The van der Waals surface area contributed by atoms with Gasteiger partial charge in [-0.15, -0.1) is 11.8 Å². The van der Waals surface area contributed by atoms with Gasteiger partial charge in [0.05, 0.1) is 6.42 Å². The van der Waals surface area contributed by atoms with E-state index >= 15 is 0 Å². The number of thioether (sulfide) groups is 1. The molecule has 0 unspecified atom stereocenters. The van der Waals surface area contributed by atoms with Crippen LogP contribution in [-0.4, -0.2) is 52.5 Å². The van der Waals surface area contributed by atoms with Crippen LogP contribution in [0.5, 0.6) is 0 Å². The maximum Gasteiger partial charge on any atom is 0.454 e. The molecule has 0 aromatic rings. The van der Waals surface area contributed by atoms with Crippen molar-refractivity contribution in [3.05, 3.63) is 11.1 Å². The minimum atomic E-state index is -5.14. The van der Waals surface area contributed by atoms with E-state index in [1.165, 1.54) is 13.3 Å². The standard InChI is InChI=1S/C10H10F3NO4S/c1-14-8(18)4(3-5(15)16)6(9(14)19-2)7(17)10(11,12)13/h9H,3H2,1-2H3,(H,15,16)/t9-/m1/s1. The molecule has 1 aliphatic heterocycles. The first-order chi connectivity index (χ1) is 8.61. The summed E-state index contributed by atoms with van der Waals surface area (Å²) in [7, 11) is 1.22. The molecule has 1 N–H and O–H groups in total. The van der Waals surface area contributed by atoms with Gasteiger partial charge in [-0.3, -0.25) is 14.4 Å². The number of carboxylic acids is 1. The van der Waals surface area contributed by atoms with E-state index in [1.807, 2.05) is 0 Å². The number of carbonyl (C=O) groups excluding carboxylic acids is 2. The number of nitrogens with zero attached hydrogens (tertiary/aromatic N) is 1. The molecule has 106 valence electrons. The van der Waals surface area contributed by atoms with Crippen molar-refractivity contribution < 1.29 is 32.7 Å². The Labute approximate surface area is 110 Å². The van der Waals surface area contributed by atoms with Crippen molar-refractivity contribution in [3.63, 3.8) is 0 Å². The maximum absolute atomic E-state index is 12.5. The quantitative estimate of drug-likeness (QED) is 0.839. The van der Waals surface area contributed by atoms with Crippen LogP contribution >= 0.6 is 11.8 Å². The summed E-state index contributed by atoms with van der Waals surface area (Å²) in [6, 6.07) is 0. The number of ketones is 1. The second kappa shape index (κ2) is 5.24. The van der Waals surface area contributed by atoms with Crippen molar-refractivity contribution >= 4 is 29.4 Å². The number of hydrogen-bond acceptors (Lipinski definition) is 4. The molecule has 0 bridgehead atoms. The van der Waals surface area contributed by atoms with Crippen LogP contribution in [0.25, 0.3) is 0 Å². The van der Waals surface area contributed by atoms with Crippen LogP contribution in [0, 0.1) is 0 Å². The van der Waals surface area contributed by atoms with Gasteiger partial charge in [-0.05, 0) is 6.26 Å². The van der Waals surface area contributed by atoms with Crippen molar-refractivity contribution in [2.75, 3.05) is 13.3 Å². The van der Waals surface area contributed by atoms with E-state index in [1.54, 1.807) is 0 Å². The number of likely N-dealkylation sites (N-methyl/N-ethyl adjacent to an activating group) is 1. The zero-order valence-corrected chi connectivity index (χ0v) is 10.8. The Balaban J connectivity index is 3.36. The lowest BCUT2D eigenvalue weighted by molar-refractivity contribution is -0.166. The Kier molecular flexibility index (Phi) is 4.28. The fraction of sp³-hybridized carbons (Fsp3) is 0.500. The molecular formula is C10H10F3NO4S. The number of aliphatic carboxylic acids is 1. The van der Waals surface area contributed by atoms with Gasteiger partial charge in [0.2, 0.25) is 0 Å². The molecule has 9 heteroatoms. The van der Waals surface area contributed by atoms with Crippen molar-refractivity contribution in [2.45, 2.75) is 18.0 Å². The first-order valence-electron chi connectivity index (χ1n) is 4.97. The second-order valence-electron chi connectivity index (χ2n) is 3.79. The number of carbonyl (C=O) groups is 3. The Morgan fingerprint density at radius 1 is 1.42 bits per heavy atom. The van der Waals surface area contributed by atoms with E-state index in [4.69, 9.17) is 5.11 Å². The number of Topliss-reactive ketones (excluding diaryl/α,β-unsaturated/α-hetero) is 1. The summed E-state index contributed by atoms with van der Waals surface area (Å²) < 4.78 is 37.5. The molecule has 0 saturated heterocycles. The van der Waals surface area contributed by atoms with E-state index < -0.39 is 46.8 Å². The third-order valence-corrected chi connectivity index (χ3v) is 3.55. The highest BCUT2D eigenvalue weighted by Crippen LogP contribution is 2.37. The molecule has 1 rings (SSSR count). The molecule has 0 fully saturated rings. The number of amides is 1. The van der Waals surface area contributed by atoms with Crippen LogP contribution in [-0.2, 0) is 14.4 Å². The van der Waals surface area contributed by atoms with Crippen LogP contribution in [0.1, 0.15) is 6.42 Å². The van der Waals surface area contributed by atoms with Crippen LogP contribution in [0.15, 0.2) is 11.1 Å². The van der Waals surface area contributed by atoms with Gasteiger partial charge < -0.3 is 10.0 Å². The van der Waals surface area contributed by atoms with E-state index in [0.717, 1.165) is 16.7 Å². The van der Waals surface area contributed by atoms with Crippen LogP contribution in [0.4, 0.5) is 13.2 Å². The molecule has 0 aromatic heterocycles. The number of hydrogen-bond donors (Lipinski definition) is 1. The molecule has 5 nitrogen and oxygen atoms in total. The highest BCUT2D eigenvalue weighted by Gasteiger charge is 2.49. The lowest BCUT2D eigenvalue weighted by Crippen LogP contribution is -2.34. The van der Waals surface area contributed by atoms with Crippen molar-refractivity contribution in [3.8, 4) is 0 Å². The summed E-state index contributed by atoms with van der Waals surface area (Å²) in [5.41, 5.74) is -1.38. The van der Waals surface area contributed by atoms with E-state index in [2.05, 4.69) is 0 Å².